The molecule has 1 aliphatic heterocycles. The number of hydrogen-bond donors (Lipinski definition) is 1. The van der Waals surface area contributed by atoms with Gasteiger partial charge in [0.25, 0.3) is 5.91 Å². The van der Waals surface area contributed by atoms with Crippen LogP contribution in [-0.4, -0.2) is 66.8 Å². The first-order valence-corrected chi connectivity index (χ1v) is 14.4. The number of benzene rings is 2. The predicted octanol–water partition coefficient (Wildman–Crippen LogP) is 3.78. The number of rotatable bonds is 6. The van der Waals surface area contributed by atoms with E-state index >= 15 is 0 Å². The van der Waals surface area contributed by atoms with Crippen LogP contribution in [0.4, 0.5) is 4.39 Å². The number of aromatic nitrogens is 5. The Kier molecular flexibility index (Phi) is 6.73. The lowest BCUT2D eigenvalue weighted by atomic mass is 9.86. The van der Waals surface area contributed by atoms with Crippen LogP contribution in [0.5, 0.6) is 0 Å². The van der Waals surface area contributed by atoms with Gasteiger partial charge in [-0.25, -0.2) is 23.8 Å². The van der Waals surface area contributed by atoms with Gasteiger partial charge in [-0.1, -0.05) is 41.1 Å². The quantitative estimate of drug-likeness (QED) is 0.325. The Hall–Kier alpha value is -4.97. The number of ether oxygens (including phenoxy) is 1. The van der Waals surface area contributed by atoms with Crippen LogP contribution in [0, 0.1) is 5.82 Å². The van der Waals surface area contributed by atoms with Gasteiger partial charge in [0.1, 0.15) is 18.1 Å². The summed E-state index contributed by atoms with van der Waals surface area (Å²) < 4.78 is 20.8. The molecule has 0 bridgehead atoms. The van der Waals surface area contributed by atoms with Crippen LogP contribution in [0.15, 0.2) is 72.5 Å². The molecule has 2 aromatic carbocycles. The molecule has 1 saturated carbocycles. The first kappa shape index (κ1) is 27.8. The van der Waals surface area contributed by atoms with Crippen molar-refractivity contribution in [3.63, 3.8) is 0 Å². The number of methoxy groups -OCH3 is 1. The molecule has 1 N–H and O–H groups in total. The Morgan fingerprint density at radius 2 is 1.91 bits per heavy atom. The van der Waals surface area contributed by atoms with E-state index in [1.807, 2.05) is 18.2 Å². The smallest absolute Gasteiger partial charge is 0.333 e. The number of nitrogens with one attached hydrogen (secondary N) is 1. The Morgan fingerprint density at radius 3 is 2.68 bits per heavy atom. The number of esters is 1. The zero-order chi connectivity index (χ0) is 30.6. The topological polar surface area (TPSA) is 132 Å². The number of amides is 2. The van der Waals surface area contributed by atoms with Gasteiger partial charge in [0.15, 0.2) is 11.5 Å². The molecule has 2 amide bonds. The summed E-state index contributed by atoms with van der Waals surface area (Å²) in [5, 5.41) is 11.1. The molecule has 44 heavy (non-hydrogen) atoms. The zero-order valence-electron chi connectivity index (χ0n) is 23.5. The van der Waals surface area contributed by atoms with Crippen LogP contribution < -0.4 is 5.32 Å². The summed E-state index contributed by atoms with van der Waals surface area (Å²) in [7, 11) is 1.34. The van der Waals surface area contributed by atoms with Crippen molar-refractivity contribution in [2.75, 3.05) is 13.7 Å². The molecular weight excluding hydrogens is 589 g/mol. The molecule has 7 rings (SSSR count). The average molecular weight is 614 g/mol. The van der Waals surface area contributed by atoms with Crippen molar-refractivity contribution >= 4 is 29.4 Å². The summed E-state index contributed by atoms with van der Waals surface area (Å²) in [5.41, 5.74) is 4.03. The molecule has 0 saturated heterocycles. The van der Waals surface area contributed by atoms with Gasteiger partial charge in [-0.3, -0.25) is 9.59 Å². The average Bonchev–Trinajstić information content (AvgIpc) is 3.35. The number of carbonyl (C=O) groups is 3. The number of nitrogens with zero attached hydrogens (tertiary/aromatic N) is 6. The number of hydrogen-bond acceptors (Lipinski definition) is 8. The highest BCUT2D eigenvalue weighted by molar-refractivity contribution is 6.30. The predicted molar refractivity (Wildman–Crippen MR) is 155 cm³/mol. The fraction of sp³-hybridized carbons (Fsp3) is 0.258. The van der Waals surface area contributed by atoms with Crippen molar-refractivity contribution in [2.24, 2.45) is 0 Å². The van der Waals surface area contributed by atoms with E-state index in [2.05, 4.69) is 25.6 Å². The Morgan fingerprint density at radius 1 is 1.11 bits per heavy atom. The lowest BCUT2D eigenvalue weighted by molar-refractivity contribution is -0.136. The van der Waals surface area contributed by atoms with E-state index < -0.39 is 23.3 Å². The summed E-state index contributed by atoms with van der Waals surface area (Å²) in [6, 6.07) is 9.04. The van der Waals surface area contributed by atoms with Crippen LogP contribution in [0.3, 0.4) is 0 Å². The standard InChI is InChI=1S/C31H25ClFN7O4/c1-44-30(43)21-8-10-31(12-22(21)31)36-28(41)27-20-5-2-4-18(17-13-34-16-35-14-17)19(20)9-11-39(27)29(42)24-15-40(38-37-24)25-7-3-6-23(32)26(25)33/h2-7,13-16,27H,8-12H2,1H3,(H,36,41). The highest BCUT2D eigenvalue weighted by Gasteiger charge is 2.57. The van der Waals surface area contributed by atoms with Crippen molar-refractivity contribution in [1.82, 2.24) is 35.2 Å². The second-order valence-corrected chi connectivity index (χ2v) is 11.4. The Balaban J connectivity index is 1.26. The second-order valence-electron chi connectivity index (χ2n) is 11.0. The van der Waals surface area contributed by atoms with Gasteiger partial charge in [0.2, 0.25) is 5.91 Å². The molecule has 2 unspecified atom stereocenters. The monoisotopic (exact) mass is 613 g/mol. The maximum Gasteiger partial charge on any atom is 0.333 e. The lowest BCUT2D eigenvalue weighted by Gasteiger charge is -2.37. The summed E-state index contributed by atoms with van der Waals surface area (Å²) in [6.07, 6.45) is 8.26. The molecule has 2 aliphatic carbocycles. The maximum atomic E-state index is 14.7. The molecule has 2 atom stereocenters. The molecule has 1 fully saturated rings. The zero-order valence-corrected chi connectivity index (χ0v) is 24.2. The molecule has 3 heterocycles. The molecule has 13 heteroatoms. The molecule has 2 aromatic heterocycles. The van der Waals surface area contributed by atoms with Crippen molar-refractivity contribution in [1.29, 1.82) is 0 Å². The van der Waals surface area contributed by atoms with E-state index in [0.29, 0.717) is 36.8 Å². The Bertz CT molecular complexity index is 1880. The highest BCUT2D eigenvalue weighted by Crippen LogP contribution is 2.55. The third kappa shape index (κ3) is 4.53. The largest absolute Gasteiger partial charge is 0.466 e. The van der Waals surface area contributed by atoms with Gasteiger partial charge in [-0.2, -0.15) is 0 Å². The minimum absolute atomic E-state index is 0.0341. The van der Waals surface area contributed by atoms with Crippen molar-refractivity contribution in [2.45, 2.75) is 37.3 Å². The fourth-order valence-electron chi connectivity index (χ4n) is 6.39. The van der Waals surface area contributed by atoms with E-state index in [9.17, 15) is 18.8 Å². The van der Waals surface area contributed by atoms with Crippen molar-refractivity contribution in [3.8, 4) is 16.8 Å². The van der Waals surface area contributed by atoms with Crippen LogP contribution >= 0.6 is 11.6 Å². The SMILES string of the molecule is COC(=O)C1=C2CC2(NC(=O)C2c3cccc(-c4cncnc4)c3CCN2C(=O)c2cn(-c3cccc(Cl)c3F)nn2)CC1. The van der Waals surface area contributed by atoms with Crippen LogP contribution in [0.2, 0.25) is 5.02 Å². The first-order chi connectivity index (χ1) is 21.3. The van der Waals surface area contributed by atoms with Crippen molar-refractivity contribution < 1.29 is 23.5 Å². The van der Waals surface area contributed by atoms with E-state index in [0.717, 1.165) is 26.9 Å². The molecular formula is C31H25ClFN7O4. The molecule has 4 aromatic rings. The van der Waals surface area contributed by atoms with Crippen LogP contribution in [0.25, 0.3) is 16.8 Å². The van der Waals surface area contributed by atoms with Gasteiger partial charge in [-0.15, -0.1) is 5.10 Å². The summed E-state index contributed by atoms with van der Waals surface area (Å²) in [5.74, 6) is -2.00. The third-order valence-corrected chi connectivity index (χ3v) is 8.88. The fourth-order valence-corrected chi connectivity index (χ4v) is 6.56. The van der Waals surface area contributed by atoms with Gasteiger partial charge < -0.3 is 15.0 Å². The van der Waals surface area contributed by atoms with E-state index in [1.165, 1.54) is 36.7 Å². The molecule has 3 aliphatic rings. The number of carbonyl (C=O) groups excluding carboxylic acids is 3. The van der Waals surface area contributed by atoms with E-state index in [4.69, 9.17) is 16.3 Å². The van der Waals surface area contributed by atoms with E-state index in [1.54, 1.807) is 18.5 Å². The lowest BCUT2D eigenvalue weighted by Crippen LogP contribution is -2.50. The third-order valence-electron chi connectivity index (χ3n) is 8.58. The first-order valence-electron chi connectivity index (χ1n) is 14.0. The van der Waals surface area contributed by atoms with Crippen LogP contribution in [-0.2, 0) is 20.7 Å². The van der Waals surface area contributed by atoms with Gasteiger partial charge in [-0.05, 0) is 60.1 Å². The number of fused-ring (bicyclic) bond motifs is 2. The second kappa shape index (κ2) is 10.6. The minimum atomic E-state index is -1.01. The molecule has 0 radical (unpaired) electrons. The summed E-state index contributed by atoms with van der Waals surface area (Å²) in [6.45, 7) is 0.204. The van der Waals surface area contributed by atoms with Crippen molar-refractivity contribution in [3.05, 3.63) is 100 Å². The molecule has 0 spiro atoms. The molecule has 11 nitrogen and oxygen atoms in total. The summed E-state index contributed by atoms with van der Waals surface area (Å²) in [4.78, 5) is 50.2. The summed E-state index contributed by atoms with van der Waals surface area (Å²) >= 11 is 5.94. The van der Waals surface area contributed by atoms with Gasteiger partial charge in [0, 0.05) is 30.1 Å². The van der Waals surface area contributed by atoms with E-state index in [-0.39, 0.29) is 34.8 Å². The van der Waals surface area contributed by atoms with Gasteiger partial charge >= 0.3 is 5.97 Å². The van der Waals surface area contributed by atoms with Crippen LogP contribution in [0.1, 0.15) is 46.9 Å². The molecule has 222 valence electrons. The normalized spacial score (nSPS) is 20.2. The highest BCUT2D eigenvalue weighted by atomic mass is 35.5. The maximum absolute atomic E-state index is 14.7. The Labute approximate surface area is 255 Å². The minimum Gasteiger partial charge on any atom is -0.466 e. The van der Waals surface area contributed by atoms with Gasteiger partial charge in [0.05, 0.1) is 23.9 Å². The number of halogens is 2.